The number of hydrogen-bond acceptors (Lipinski definition) is 9. The van der Waals surface area contributed by atoms with E-state index in [4.69, 9.17) is 18.6 Å². The number of para-hydroxylation sites is 1. The Morgan fingerprint density at radius 1 is 1.16 bits per heavy atom. The Kier molecular flexibility index (Phi) is 10.8. The van der Waals surface area contributed by atoms with E-state index in [-0.39, 0.29) is 48.8 Å². The summed E-state index contributed by atoms with van der Waals surface area (Å²) in [6.07, 6.45) is 4.99. The number of methoxy groups -OCH3 is 1. The summed E-state index contributed by atoms with van der Waals surface area (Å²) in [6.45, 7) is 1.11. The Hall–Kier alpha value is -3.91. The fraction of sp³-hybridized carbons (Fsp3) is 0.438. The number of sulfonamides is 1. The summed E-state index contributed by atoms with van der Waals surface area (Å²) < 4.78 is 50.6. The van der Waals surface area contributed by atoms with Crippen LogP contribution in [0.3, 0.4) is 0 Å². The van der Waals surface area contributed by atoms with Gasteiger partial charge in [0.15, 0.2) is 5.76 Å². The van der Waals surface area contributed by atoms with E-state index >= 15 is 0 Å². The number of benzene rings is 2. The lowest BCUT2D eigenvalue weighted by atomic mass is 9.92. The number of furan rings is 1. The average molecular weight is 642 g/mol. The van der Waals surface area contributed by atoms with Gasteiger partial charge in [0.25, 0.3) is 5.91 Å². The Bertz CT molecular complexity index is 1600. The van der Waals surface area contributed by atoms with E-state index < -0.39 is 22.2 Å². The number of allylic oxidation sites excluding steroid dienone is 1. The number of amides is 2. The average Bonchev–Trinajstić information content (AvgIpc) is 3.68. The second-order valence-electron chi connectivity index (χ2n) is 10.9. The molecule has 0 unspecified atom stereocenters. The van der Waals surface area contributed by atoms with E-state index in [1.54, 1.807) is 29.4 Å². The molecule has 0 aliphatic carbocycles. The maximum absolute atomic E-state index is 13.3. The van der Waals surface area contributed by atoms with Crippen LogP contribution in [0.1, 0.15) is 37.2 Å². The van der Waals surface area contributed by atoms with Crippen LogP contribution in [-0.4, -0.2) is 93.9 Å². The first-order valence-electron chi connectivity index (χ1n) is 15.1. The maximum atomic E-state index is 13.3. The zero-order chi connectivity index (χ0) is 31.8. The van der Waals surface area contributed by atoms with Crippen LogP contribution in [0.5, 0.6) is 5.75 Å². The molecule has 2 atom stereocenters. The minimum absolute atomic E-state index is 0.0440. The molecule has 45 heavy (non-hydrogen) atoms. The van der Waals surface area contributed by atoms with Crippen LogP contribution < -0.4 is 10.1 Å². The third-order valence-electron chi connectivity index (χ3n) is 7.94. The number of carbonyl (C=O) groups is 2. The van der Waals surface area contributed by atoms with Crippen LogP contribution in [0, 0.1) is 0 Å². The van der Waals surface area contributed by atoms with Crippen molar-refractivity contribution in [1.82, 2.24) is 14.5 Å². The molecule has 1 saturated heterocycles. The van der Waals surface area contributed by atoms with Gasteiger partial charge in [-0.25, -0.2) is 8.42 Å². The molecule has 2 aromatic carbocycles. The van der Waals surface area contributed by atoms with Gasteiger partial charge in [-0.15, -0.1) is 0 Å². The molecular weight excluding hydrogens is 602 g/mol. The van der Waals surface area contributed by atoms with Crippen LogP contribution in [0.2, 0.25) is 0 Å². The molecule has 5 rings (SSSR count). The van der Waals surface area contributed by atoms with Gasteiger partial charge >= 0.3 is 0 Å². The topological polar surface area (TPSA) is 148 Å². The first-order valence-corrected chi connectivity index (χ1v) is 16.5. The molecule has 0 saturated carbocycles. The van der Waals surface area contributed by atoms with E-state index in [2.05, 4.69) is 5.32 Å². The van der Waals surface area contributed by atoms with Gasteiger partial charge in [-0.1, -0.05) is 18.2 Å². The Balaban J connectivity index is 1.25. The quantitative estimate of drug-likeness (QED) is 0.239. The van der Waals surface area contributed by atoms with E-state index in [1.807, 2.05) is 24.3 Å². The highest BCUT2D eigenvalue weighted by atomic mass is 32.2. The molecule has 2 aliphatic rings. The highest BCUT2D eigenvalue weighted by Gasteiger charge is 2.31. The number of hydrogen-bond donors (Lipinski definition) is 2. The second kappa shape index (κ2) is 14.9. The lowest BCUT2D eigenvalue weighted by Crippen LogP contribution is -2.38. The van der Waals surface area contributed by atoms with Gasteiger partial charge in [0.05, 0.1) is 31.5 Å². The van der Waals surface area contributed by atoms with Gasteiger partial charge in [-0.3, -0.25) is 9.59 Å². The number of aliphatic hydroxyl groups excluding tert-OH is 1. The van der Waals surface area contributed by atoms with Gasteiger partial charge in [-0.2, -0.15) is 4.31 Å². The van der Waals surface area contributed by atoms with Crippen molar-refractivity contribution >= 4 is 32.8 Å². The smallest absolute Gasteiger partial charge is 0.286 e. The molecule has 0 bridgehead atoms. The normalized spacial score (nSPS) is 18.7. The molecule has 2 aliphatic heterocycles. The molecule has 1 fully saturated rings. The highest BCUT2D eigenvalue weighted by Crippen LogP contribution is 2.36. The van der Waals surface area contributed by atoms with Crippen LogP contribution >= 0.6 is 0 Å². The van der Waals surface area contributed by atoms with Gasteiger partial charge in [0.2, 0.25) is 22.2 Å². The van der Waals surface area contributed by atoms with Gasteiger partial charge in [-0.05, 0) is 49.2 Å². The number of nitrogens with one attached hydrogen (secondary N) is 1. The minimum Gasteiger partial charge on any atom is -0.497 e. The van der Waals surface area contributed by atoms with E-state index in [1.165, 1.54) is 19.2 Å². The predicted octanol–water partition coefficient (Wildman–Crippen LogP) is 2.98. The lowest BCUT2D eigenvalue weighted by molar-refractivity contribution is -0.146. The number of aliphatic hydroxyl groups is 1. The zero-order valence-corrected chi connectivity index (χ0v) is 26.0. The Morgan fingerprint density at radius 3 is 2.69 bits per heavy atom. The Labute approximate surface area is 262 Å². The van der Waals surface area contributed by atoms with Gasteiger partial charge < -0.3 is 34.0 Å². The molecule has 242 valence electrons. The van der Waals surface area contributed by atoms with Crippen LogP contribution in [0.4, 0.5) is 0 Å². The first kappa shape index (κ1) is 32.5. The zero-order valence-electron chi connectivity index (χ0n) is 25.2. The van der Waals surface area contributed by atoms with Crippen molar-refractivity contribution in [2.45, 2.75) is 42.8 Å². The molecule has 3 heterocycles. The van der Waals surface area contributed by atoms with Crippen molar-refractivity contribution in [1.29, 1.82) is 0 Å². The van der Waals surface area contributed by atoms with Crippen LogP contribution in [-0.2, 0) is 29.1 Å². The monoisotopic (exact) mass is 641 g/mol. The molecule has 2 N–H and O–H groups in total. The molecule has 0 radical (unpaired) electrons. The highest BCUT2D eigenvalue weighted by molar-refractivity contribution is 7.89. The molecule has 13 heteroatoms. The number of carbonyl (C=O) groups excluding carboxylic acids is 2. The second-order valence-corrected chi connectivity index (χ2v) is 12.8. The summed E-state index contributed by atoms with van der Waals surface area (Å²) >= 11 is 0. The number of nitrogens with zero attached hydrogens (tertiary/aromatic N) is 2. The number of likely N-dealkylation sites (tertiary alicyclic amines) is 1. The van der Waals surface area contributed by atoms with Crippen molar-refractivity contribution in [3.8, 4) is 5.75 Å². The van der Waals surface area contributed by atoms with E-state index in [9.17, 15) is 23.1 Å². The fourth-order valence-electron chi connectivity index (χ4n) is 5.57. The third kappa shape index (κ3) is 7.85. The standard InChI is InChI=1S/C32H39N3O9S/c1-41-24-9-11-25(12-10-24)45(39,40)35(16-18-36)17-19-42-31-21-23(27-22-43-28-7-3-2-6-26(27)28)20-29(44-31)32(38)33-13-5-15-34-14-4-8-30(34)37/h2-3,6-7,9-12,20,22-23,31,36H,4-5,8,13-19,21H2,1H3,(H,33,38)/t23-,31+/m0/s1. The Morgan fingerprint density at radius 2 is 1.96 bits per heavy atom. The number of fused-ring (bicyclic) bond motifs is 1. The van der Waals surface area contributed by atoms with E-state index in [0.717, 1.165) is 33.8 Å². The first-order chi connectivity index (χ1) is 21.8. The summed E-state index contributed by atoms with van der Waals surface area (Å²) in [6, 6.07) is 13.6. The van der Waals surface area contributed by atoms with Crippen molar-refractivity contribution in [2.75, 3.05) is 53.0 Å². The molecule has 0 spiro atoms. The van der Waals surface area contributed by atoms with Crippen molar-refractivity contribution in [3.63, 3.8) is 0 Å². The molecular formula is C32H39N3O9S. The molecule has 3 aromatic rings. The van der Waals surface area contributed by atoms with Crippen molar-refractivity contribution < 1.29 is 41.7 Å². The van der Waals surface area contributed by atoms with Gasteiger partial charge in [0.1, 0.15) is 11.3 Å². The van der Waals surface area contributed by atoms with Crippen molar-refractivity contribution in [2.24, 2.45) is 0 Å². The minimum atomic E-state index is -3.92. The molecule has 1 aromatic heterocycles. The SMILES string of the molecule is COc1ccc(S(=O)(=O)N(CCO)CCO[C@H]2C[C@@H](c3coc4ccccc34)C=C(C(=O)NCCCN3CCCC3=O)O2)cc1. The summed E-state index contributed by atoms with van der Waals surface area (Å²) in [5.74, 6) is 0.0841. The summed E-state index contributed by atoms with van der Waals surface area (Å²) in [4.78, 5) is 26.9. The predicted molar refractivity (Wildman–Crippen MR) is 165 cm³/mol. The van der Waals surface area contributed by atoms with Crippen molar-refractivity contribution in [3.05, 3.63) is 72.2 Å². The summed E-state index contributed by atoms with van der Waals surface area (Å²) in [5, 5.41) is 13.4. The fourth-order valence-corrected chi connectivity index (χ4v) is 6.98. The van der Waals surface area contributed by atoms with Crippen LogP contribution in [0.15, 0.2) is 75.9 Å². The lowest BCUT2D eigenvalue weighted by Gasteiger charge is -2.30. The summed E-state index contributed by atoms with van der Waals surface area (Å²) in [5.41, 5.74) is 1.60. The molecule has 2 amide bonds. The largest absolute Gasteiger partial charge is 0.497 e. The van der Waals surface area contributed by atoms with E-state index in [0.29, 0.717) is 38.1 Å². The van der Waals surface area contributed by atoms with Crippen LogP contribution in [0.25, 0.3) is 11.0 Å². The third-order valence-corrected chi connectivity index (χ3v) is 9.86. The summed E-state index contributed by atoms with van der Waals surface area (Å²) in [7, 11) is -2.43. The maximum Gasteiger partial charge on any atom is 0.286 e. The number of rotatable bonds is 15. The van der Waals surface area contributed by atoms with Gasteiger partial charge in [0, 0.05) is 62.4 Å². The number of ether oxygens (including phenoxy) is 3. The molecule has 12 nitrogen and oxygen atoms in total.